The van der Waals surface area contributed by atoms with E-state index in [-0.39, 0.29) is 0 Å². The van der Waals surface area contributed by atoms with Gasteiger partial charge in [-0.25, -0.2) is 0 Å². The van der Waals surface area contributed by atoms with Crippen molar-refractivity contribution >= 4 is 42.6 Å². The fourth-order valence-electron chi connectivity index (χ4n) is 0.794. The first-order chi connectivity index (χ1) is 5.95. The van der Waals surface area contributed by atoms with Crippen molar-refractivity contribution in [2.75, 3.05) is 0 Å². The lowest BCUT2D eigenvalue weighted by molar-refractivity contribution is 0.620. The summed E-state index contributed by atoms with van der Waals surface area (Å²) >= 11 is 5.88. The molecule has 1 aromatic carbocycles. The summed E-state index contributed by atoms with van der Waals surface area (Å²) in [4.78, 5) is 0. The Morgan fingerprint density at radius 3 is 1.69 bits per heavy atom. The minimum atomic E-state index is -1.67. The zero-order valence-corrected chi connectivity index (χ0v) is 10.3. The molecule has 74 valence electrons. The molecular formula is C8H9Cl3OS. The van der Waals surface area contributed by atoms with Gasteiger partial charge < -0.3 is 4.55 Å². The zero-order chi connectivity index (χ0) is 10.4. The van der Waals surface area contributed by atoms with Gasteiger partial charge in [-0.1, -0.05) is 29.8 Å². The molecule has 0 saturated carbocycles. The highest BCUT2D eigenvalue weighted by atomic mass is 36.0. The van der Waals surface area contributed by atoms with Crippen LogP contribution < -0.4 is 0 Å². The molecule has 1 nitrogen and oxygen atoms in total. The molecule has 1 aromatic rings. The van der Waals surface area contributed by atoms with E-state index in [1.54, 1.807) is 0 Å². The van der Waals surface area contributed by atoms with Gasteiger partial charge in [0.25, 0.3) is 0 Å². The standard InChI is InChI=1S/C8H9Cl.Cl2OS/c1-6-4-3-5-7(2)8(6)9;1-4(2)3/h3-5H,1-2H3;. The summed E-state index contributed by atoms with van der Waals surface area (Å²) in [5.41, 5.74) is 2.30. The third-order valence-electron chi connectivity index (χ3n) is 1.38. The molecule has 0 fully saturated rings. The van der Waals surface area contributed by atoms with Crippen LogP contribution in [0.3, 0.4) is 0 Å². The fraction of sp³-hybridized carbons (Fsp3) is 0.250. The second-order valence-corrected chi connectivity index (χ2v) is 5.29. The van der Waals surface area contributed by atoms with Gasteiger partial charge in [0.2, 0.25) is 0 Å². The molecule has 0 unspecified atom stereocenters. The lowest BCUT2D eigenvalue weighted by Crippen LogP contribution is -1.77. The number of hydrogen-bond acceptors (Lipinski definition) is 1. The summed E-state index contributed by atoms with van der Waals surface area (Å²) in [6.45, 7) is 4.02. The number of rotatable bonds is 0. The molecule has 0 aromatic heterocycles. The van der Waals surface area contributed by atoms with E-state index in [1.165, 1.54) is 0 Å². The number of aryl methyl sites for hydroxylation is 2. The second kappa shape index (κ2) is 6.80. The molecule has 0 heterocycles. The van der Waals surface area contributed by atoms with E-state index in [4.69, 9.17) is 16.2 Å². The lowest BCUT2D eigenvalue weighted by atomic mass is 10.2. The quantitative estimate of drug-likeness (QED) is 0.646. The van der Waals surface area contributed by atoms with Crippen molar-refractivity contribution in [2.24, 2.45) is 0 Å². The molecule has 0 amide bonds. The van der Waals surface area contributed by atoms with Crippen molar-refractivity contribution in [3.63, 3.8) is 0 Å². The number of hydrogen-bond donors (Lipinski definition) is 0. The highest BCUT2D eigenvalue weighted by molar-refractivity contribution is 8.31. The van der Waals surface area contributed by atoms with Crippen molar-refractivity contribution in [3.8, 4) is 0 Å². The number of halogens is 3. The van der Waals surface area contributed by atoms with E-state index in [1.807, 2.05) is 32.0 Å². The molecule has 0 aliphatic carbocycles. The van der Waals surface area contributed by atoms with Gasteiger partial charge in [0, 0.05) is 5.02 Å². The molecule has 13 heavy (non-hydrogen) atoms. The fourth-order valence-corrected chi connectivity index (χ4v) is 0.920. The third-order valence-corrected chi connectivity index (χ3v) is 1.98. The van der Waals surface area contributed by atoms with Crippen LogP contribution in [0.5, 0.6) is 0 Å². The lowest BCUT2D eigenvalue weighted by Gasteiger charge is -1.98. The van der Waals surface area contributed by atoms with Crippen LogP contribution in [0.4, 0.5) is 0 Å². The monoisotopic (exact) mass is 258 g/mol. The molecular weight excluding hydrogens is 251 g/mol. The Morgan fingerprint density at radius 1 is 1.15 bits per heavy atom. The SMILES string of the molecule is Cc1cccc(C)c1Cl.[O-][S+](Cl)Cl. The maximum atomic E-state index is 9.09. The Kier molecular flexibility index (Phi) is 7.00. The second-order valence-electron chi connectivity index (χ2n) is 2.39. The van der Waals surface area contributed by atoms with Crippen molar-refractivity contribution in [1.29, 1.82) is 0 Å². The third kappa shape index (κ3) is 6.47. The van der Waals surface area contributed by atoms with Crippen molar-refractivity contribution < 1.29 is 4.55 Å². The van der Waals surface area contributed by atoms with Crippen LogP contribution in [-0.2, 0) is 9.60 Å². The van der Waals surface area contributed by atoms with Crippen LogP contribution in [0.1, 0.15) is 11.1 Å². The number of benzene rings is 1. The molecule has 0 spiro atoms. The Balaban J connectivity index is 0.000000310. The maximum Gasteiger partial charge on any atom is 0.198 e. The van der Waals surface area contributed by atoms with Gasteiger partial charge in [0.05, 0.1) is 0 Å². The largest absolute Gasteiger partial charge is 0.582 e. The highest BCUT2D eigenvalue weighted by Gasteiger charge is 1.94. The summed E-state index contributed by atoms with van der Waals surface area (Å²) in [5.74, 6) is 0. The minimum Gasteiger partial charge on any atom is -0.582 e. The molecule has 5 heteroatoms. The van der Waals surface area contributed by atoms with E-state index in [0.29, 0.717) is 0 Å². The molecule has 0 radical (unpaired) electrons. The Bertz CT molecular complexity index is 243. The van der Waals surface area contributed by atoms with Crippen molar-refractivity contribution in [3.05, 3.63) is 34.3 Å². The van der Waals surface area contributed by atoms with E-state index in [0.717, 1.165) is 16.1 Å². The summed E-state index contributed by atoms with van der Waals surface area (Å²) in [6.07, 6.45) is 0. The van der Waals surface area contributed by atoms with Crippen LogP contribution in [0.2, 0.25) is 5.02 Å². The Labute approximate surface area is 95.2 Å². The normalized spacial score (nSPS) is 9.46. The van der Waals surface area contributed by atoms with Gasteiger partial charge in [-0.15, -0.1) is 0 Å². The maximum absolute atomic E-state index is 9.09. The molecule has 0 N–H and O–H groups in total. The van der Waals surface area contributed by atoms with Crippen LogP contribution in [-0.4, -0.2) is 4.55 Å². The van der Waals surface area contributed by atoms with E-state index >= 15 is 0 Å². The zero-order valence-electron chi connectivity index (χ0n) is 7.18. The van der Waals surface area contributed by atoms with Crippen LogP contribution in [0, 0.1) is 13.8 Å². The van der Waals surface area contributed by atoms with Crippen molar-refractivity contribution in [2.45, 2.75) is 13.8 Å². The van der Waals surface area contributed by atoms with Gasteiger partial charge in [-0.2, -0.15) is 0 Å². The predicted octanol–water partition coefficient (Wildman–Crippen LogP) is 4.00. The smallest absolute Gasteiger partial charge is 0.198 e. The average molecular weight is 260 g/mol. The molecule has 0 atom stereocenters. The highest BCUT2D eigenvalue weighted by Crippen LogP contribution is 2.18. The first-order valence-corrected chi connectivity index (χ1v) is 6.59. The van der Waals surface area contributed by atoms with Crippen LogP contribution >= 0.6 is 33.0 Å². The Morgan fingerprint density at radius 2 is 1.46 bits per heavy atom. The van der Waals surface area contributed by atoms with Gasteiger partial charge in [-0.05, 0) is 25.0 Å². The molecule has 0 saturated heterocycles. The summed E-state index contributed by atoms with van der Waals surface area (Å²) in [7, 11) is 7.36. The van der Waals surface area contributed by atoms with Crippen molar-refractivity contribution in [1.82, 2.24) is 0 Å². The van der Waals surface area contributed by atoms with E-state index < -0.39 is 9.60 Å². The molecule has 0 aliphatic rings. The summed E-state index contributed by atoms with van der Waals surface area (Å²) < 4.78 is 9.09. The topological polar surface area (TPSA) is 23.1 Å². The minimum absolute atomic E-state index is 0.887. The van der Waals surface area contributed by atoms with Gasteiger partial charge in [0.15, 0.2) is 31.0 Å². The van der Waals surface area contributed by atoms with Gasteiger partial charge in [0.1, 0.15) is 0 Å². The van der Waals surface area contributed by atoms with Gasteiger partial charge in [-0.3, -0.25) is 0 Å². The van der Waals surface area contributed by atoms with Crippen LogP contribution in [0.25, 0.3) is 0 Å². The summed E-state index contributed by atoms with van der Waals surface area (Å²) in [6, 6.07) is 6.03. The molecule has 0 bridgehead atoms. The van der Waals surface area contributed by atoms with Crippen LogP contribution in [0.15, 0.2) is 18.2 Å². The predicted molar refractivity (Wildman–Crippen MR) is 60.8 cm³/mol. The average Bonchev–Trinajstić information content (AvgIpc) is 1.99. The van der Waals surface area contributed by atoms with E-state index in [9.17, 15) is 0 Å². The first-order valence-electron chi connectivity index (χ1n) is 3.41. The molecule has 1 rings (SSSR count). The molecule has 0 aliphatic heterocycles. The van der Waals surface area contributed by atoms with Gasteiger partial charge >= 0.3 is 0 Å². The first kappa shape index (κ1) is 13.4. The van der Waals surface area contributed by atoms with E-state index in [2.05, 4.69) is 21.4 Å². The summed E-state index contributed by atoms with van der Waals surface area (Å²) in [5, 5.41) is 0.887. The Hall–Kier alpha value is 0.400.